The summed E-state index contributed by atoms with van der Waals surface area (Å²) in [4.78, 5) is 2.22. The second-order valence-electron chi connectivity index (χ2n) is 5.61. The van der Waals surface area contributed by atoms with E-state index in [1.807, 2.05) is 48.5 Å². The van der Waals surface area contributed by atoms with Crippen LogP contribution < -0.4 is 20.9 Å². The first kappa shape index (κ1) is 18.9. The van der Waals surface area contributed by atoms with Gasteiger partial charge in [-0.1, -0.05) is 24.3 Å². The number of hydrogen-bond donors (Lipinski definition) is 2. The molecule has 2 aromatic carbocycles. The molecule has 0 spiro atoms. The van der Waals surface area contributed by atoms with Gasteiger partial charge in [0.1, 0.15) is 24.7 Å². The molecule has 0 saturated heterocycles. The van der Waals surface area contributed by atoms with E-state index in [2.05, 4.69) is 4.90 Å². The van der Waals surface area contributed by atoms with Gasteiger partial charge in [0, 0.05) is 26.7 Å². The monoisotopic (exact) mass is 345 g/mol. The topological polar surface area (TPSA) is 83.0 Å². The first-order valence-corrected chi connectivity index (χ1v) is 8.36. The largest absolute Gasteiger partial charge is 0.490 e. The van der Waals surface area contributed by atoms with Crippen LogP contribution in [0.4, 0.5) is 11.4 Å². The van der Waals surface area contributed by atoms with Gasteiger partial charge >= 0.3 is 0 Å². The van der Waals surface area contributed by atoms with Gasteiger partial charge < -0.3 is 25.7 Å². The van der Waals surface area contributed by atoms with Gasteiger partial charge in [-0.3, -0.25) is 4.90 Å². The average Bonchev–Trinajstić information content (AvgIpc) is 2.62. The van der Waals surface area contributed by atoms with Crippen LogP contribution in [0.5, 0.6) is 11.5 Å². The van der Waals surface area contributed by atoms with E-state index in [-0.39, 0.29) is 0 Å². The normalized spacial score (nSPS) is 10.8. The van der Waals surface area contributed by atoms with Crippen LogP contribution in [-0.4, -0.2) is 51.5 Å². The molecule has 0 saturated carbocycles. The Morgan fingerprint density at radius 1 is 0.720 bits per heavy atom. The Bertz CT molecular complexity index is 585. The lowest BCUT2D eigenvalue weighted by Gasteiger charge is -2.22. The molecule has 6 heteroatoms. The molecule has 0 amide bonds. The minimum absolute atomic E-state index is 0.547. The predicted octanol–water partition coefficient (Wildman–Crippen LogP) is 2.26. The Balaban J connectivity index is 1.77. The molecule has 0 aliphatic carbocycles. The van der Waals surface area contributed by atoms with Crippen molar-refractivity contribution in [2.75, 3.05) is 58.0 Å². The zero-order valence-corrected chi connectivity index (χ0v) is 14.7. The van der Waals surface area contributed by atoms with Gasteiger partial charge in [0.05, 0.1) is 18.0 Å². The Labute approximate surface area is 149 Å². The van der Waals surface area contributed by atoms with Gasteiger partial charge in [-0.2, -0.15) is 0 Å². The lowest BCUT2D eigenvalue weighted by atomic mass is 10.3. The highest BCUT2D eigenvalue weighted by Crippen LogP contribution is 2.20. The van der Waals surface area contributed by atoms with Crippen LogP contribution in [0.25, 0.3) is 0 Å². The number of methoxy groups -OCH3 is 1. The summed E-state index contributed by atoms with van der Waals surface area (Å²) in [6.07, 6.45) is 0. The van der Waals surface area contributed by atoms with Crippen LogP contribution >= 0.6 is 0 Å². The standard InChI is InChI=1S/C19H27N3O3/c1-23-13-10-22(11-14-24-18-8-4-2-6-16(18)20)12-15-25-19-9-5-3-7-17(19)21/h2-9H,10-15,20-21H2,1H3. The molecule has 0 fully saturated rings. The molecule has 0 atom stereocenters. The molecule has 2 aromatic rings. The third kappa shape index (κ3) is 6.52. The summed E-state index contributed by atoms with van der Waals surface area (Å²) < 4.78 is 16.7. The first-order chi connectivity index (χ1) is 12.2. The summed E-state index contributed by atoms with van der Waals surface area (Å²) in [5.74, 6) is 1.42. The van der Waals surface area contributed by atoms with E-state index in [4.69, 9.17) is 25.7 Å². The van der Waals surface area contributed by atoms with Crippen molar-refractivity contribution in [2.45, 2.75) is 0 Å². The molecule has 6 nitrogen and oxygen atoms in total. The average molecular weight is 345 g/mol. The highest BCUT2D eigenvalue weighted by Gasteiger charge is 2.07. The molecule has 0 unspecified atom stereocenters. The lowest BCUT2D eigenvalue weighted by Crippen LogP contribution is -2.35. The SMILES string of the molecule is COCCN(CCOc1ccccc1N)CCOc1ccccc1N. The van der Waals surface area contributed by atoms with Gasteiger partial charge in [-0.25, -0.2) is 0 Å². The number of nitrogens with two attached hydrogens (primary N) is 2. The Morgan fingerprint density at radius 2 is 1.16 bits per heavy atom. The fourth-order valence-electron chi connectivity index (χ4n) is 2.35. The first-order valence-electron chi connectivity index (χ1n) is 8.36. The van der Waals surface area contributed by atoms with Crippen molar-refractivity contribution in [2.24, 2.45) is 0 Å². The summed E-state index contributed by atoms with van der Waals surface area (Å²) in [5.41, 5.74) is 13.1. The molecule has 0 aromatic heterocycles. The smallest absolute Gasteiger partial charge is 0.142 e. The number of nitrogens with zero attached hydrogens (tertiary/aromatic N) is 1. The quantitative estimate of drug-likeness (QED) is 0.608. The van der Waals surface area contributed by atoms with E-state index in [0.717, 1.165) is 19.6 Å². The predicted molar refractivity (Wildman–Crippen MR) is 101 cm³/mol. The van der Waals surface area contributed by atoms with Crippen LogP contribution in [0.1, 0.15) is 0 Å². The van der Waals surface area contributed by atoms with Crippen molar-refractivity contribution < 1.29 is 14.2 Å². The lowest BCUT2D eigenvalue weighted by molar-refractivity contribution is 0.122. The maximum Gasteiger partial charge on any atom is 0.142 e. The molecular weight excluding hydrogens is 318 g/mol. The highest BCUT2D eigenvalue weighted by atomic mass is 16.5. The molecule has 0 heterocycles. The maximum atomic E-state index is 5.89. The van der Waals surface area contributed by atoms with E-state index in [1.54, 1.807) is 7.11 Å². The number of nitrogen functional groups attached to an aromatic ring is 2. The molecule has 0 aliphatic rings. The van der Waals surface area contributed by atoms with Crippen LogP contribution in [0, 0.1) is 0 Å². The van der Waals surface area contributed by atoms with Crippen LogP contribution in [-0.2, 0) is 4.74 Å². The summed E-state index contributed by atoms with van der Waals surface area (Å²) >= 11 is 0. The van der Waals surface area contributed by atoms with E-state index < -0.39 is 0 Å². The molecule has 4 N–H and O–H groups in total. The molecule has 0 aliphatic heterocycles. The number of anilines is 2. The van der Waals surface area contributed by atoms with Crippen LogP contribution in [0.15, 0.2) is 48.5 Å². The summed E-state index contributed by atoms with van der Waals surface area (Å²) in [6, 6.07) is 15.0. The van der Waals surface area contributed by atoms with Crippen molar-refractivity contribution in [1.29, 1.82) is 0 Å². The number of rotatable bonds is 11. The van der Waals surface area contributed by atoms with Gasteiger partial charge in [-0.15, -0.1) is 0 Å². The maximum absolute atomic E-state index is 5.89. The van der Waals surface area contributed by atoms with Gasteiger partial charge in [0.2, 0.25) is 0 Å². The van der Waals surface area contributed by atoms with E-state index in [0.29, 0.717) is 42.7 Å². The minimum Gasteiger partial charge on any atom is -0.490 e. The molecule has 25 heavy (non-hydrogen) atoms. The molecule has 2 rings (SSSR count). The number of para-hydroxylation sites is 4. The van der Waals surface area contributed by atoms with Crippen molar-refractivity contribution in [3.05, 3.63) is 48.5 Å². The minimum atomic E-state index is 0.547. The second-order valence-corrected chi connectivity index (χ2v) is 5.61. The number of ether oxygens (including phenoxy) is 3. The van der Waals surface area contributed by atoms with E-state index in [9.17, 15) is 0 Å². The molecule has 0 radical (unpaired) electrons. The third-order valence-corrected chi connectivity index (χ3v) is 3.78. The highest BCUT2D eigenvalue weighted by molar-refractivity contribution is 5.52. The van der Waals surface area contributed by atoms with Crippen molar-refractivity contribution in [3.8, 4) is 11.5 Å². The summed E-state index contributed by atoms with van der Waals surface area (Å²) in [7, 11) is 1.69. The van der Waals surface area contributed by atoms with Gasteiger partial charge in [0.25, 0.3) is 0 Å². The molecular formula is C19H27N3O3. The van der Waals surface area contributed by atoms with Gasteiger partial charge in [-0.05, 0) is 24.3 Å². The van der Waals surface area contributed by atoms with Crippen LogP contribution in [0.2, 0.25) is 0 Å². The zero-order valence-electron chi connectivity index (χ0n) is 14.7. The Hall–Kier alpha value is -2.44. The van der Waals surface area contributed by atoms with Crippen molar-refractivity contribution >= 4 is 11.4 Å². The molecule has 0 bridgehead atoms. The Kier molecular flexibility index (Phi) is 7.88. The third-order valence-electron chi connectivity index (χ3n) is 3.78. The van der Waals surface area contributed by atoms with E-state index in [1.165, 1.54) is 0 Å². The second kappa shape index (κ2) is 10.4. The van der Waals surface area contributed by atoms with Gasteiger partial charge in [0.15, 0.2) is 0 Å². The van der Waals surface area contributed by atoms with E-state index >= 15 is 0 Å². The number of hydrogen-bond acceptors (Lipinski definition) is 6. The van der Waals surface area contributed by atoms with Crippen molar-refractivity contribution in [1.82, 2.24) is 4.90 Å². The fourth-order valence-corrected chi connectivity index (χ4v) is 2.35. The molecule has 136 valence electrons. The number of benzene rings is 2. The van der Waals surface area contributed by atoms with Crippen LogP contribution in [0.3, 0.4) is 0 Å². The van der Waals surface area contributed by atoms with Crippen molar-refractivity contribution in [3.63, 3.8) is 0 Å². The fraction of sp³-hybridized carbons (Fsp3) is 0.368. The summed E-state index contributed by atoms with van der Waals surface area (Å²) in [6.45, 7) is 4.06. The zero-order chi connectivity index (χ0) is 17.9. The summed E-state index contributed by atoms with van der Waals surface area (Å²) in [5, 5.41) is 0. The Morgan fingerprint density at radius 3 is 1.60 bits per heavy atom.